The minimum Gasteiger partial charge on any atom is -0.193 e. The van der Waals surface area contributed by atoms with E-state index in [1.807, 2.05) is 25.1 Å². The van der Waals surface area contributed by atoms with Gasteiger partial charge in [-0.15, -0.1) is 0 Å². The van der Waals surface area contributed by atoms with Gasteiger partial charge in [0.2, 0.25) is 0 Å². The van der Waals surface area contributed by atoms with Crippen molar-refractivity contribution in [3.63, 3.8) is 0 Å². The Morgan fingerprint density at radius 3 is 2.77 bits per heavy atom. The lowest BCUT2D eigenvalue weighted by atomic mass is 10.1. The standard InChI is InChI=1S/C10H7Cl2N/c1-7-2-3-8(10(12)6-7)9(11)4-5-13/h2-4,6H,1H3/b9-4-. The first-order chi connectivity index (χ1) is 6.15. The molecule has 0 bridgehead atoms. The highest BCUT2D eigenvalue weighted by Gasteiger charge is 2.03. The average molecular weight is 212 g/mol. The number of benzene rings is 1. The van der Waals surface area contributed by atoms with Crippen molar-refractivity contribution in [2.24, 2.45) is 0 Å². The lowest BCUT2D eigenvalue weighted by Crippen LogP contribution is -1.80. The number of aryl methyl sites for hydroxylation is 1. The Kier molecular flexibility index (Phi) is 3.36. The van der Waals surface area contributed by atoms with Crippen molar-refractivity contribution in [3.8, 4) is 6.07 Å². The summed E-state index contributed by atoms with van der Waals surface area (Å²) in [7, 11) is 0. The van der Waals surface area contributed by atoms with Crippen molar-refractivity contribution in [2.75, 3.05) is 0 Å². The maximum Gasteiger partial charge on any atom is 0.0927 e. The molecule has 0 heterocycles. The Morgan fingerprint density at radius 2 is 2.23 bits per heavy atom. The first-order valence-corrected chi connectivity index (χ1v) is 4.42. The van der Waals surface area contributed by atoms with E-state index in [-0.39, 0.29) is 0 Å². The third kappa shape index (κ3) is 2.48. The largest absolute Gasteiger partial charge is 0.193 e. The Morgan fingerprint density at radius 1 is 1.54 bits per heavy atom. The van der Waals surface area contributed by atoms with Gasteiger partial charge in [0.25, 0.3) is 0 Å². The van der Waals surface area contributed by atoms with Crippen LogP contribution in [0.25, 0.3) is 5.03 Å². The van der Waals surface area contributed by atoms with Crippen LogP contribution in [0.3, 0.4) is 0 Å². The fraction of sp³-hybridized carbons (Fsp3) is 0.100. The molecular formula is C10H7Cl2N. The van der Waals surface area contributed by atoms with Gasteiger partial charge in [0, 0.05) is 16.7 Å². The molecule has 0 unspecified atom stereocenters. The fourth-order valence-corrected chi connectivity index (χ4v) is 1.55. The van der Waals surface area contributed by atoms with Crippen LogP contribution >= 0.6 is 23.2 Å². The molecule has 1 aromatic carbocycles. The molecule has 0 aliphatic heterocycles. The van der Waals surface area contributed by atoms with Crippen molar-refractivity contribution < 1.29 is 0 Å². The minimum atomic E-state index is 0.368. The minimum absolute atomic E-state index is 0.368. The highest BCUT2D eigenvalue weighted by atomic mass is 35.5. The smallest absolute Gasteiger partial charge is 0.0927 e. The number of halogens is 2. The number of rotatable bonds is 1. The number of hydrogen-bond donors (Lipinski definition) is 0. The van der Waals surface area contributed by atoms with Crippen LogP contribution in [-0.4, -0.2) is 0 Å². The normalized spacial score (nSPS) is 11.1. The first-order valence-electron chi connectivity index (χ1n) is 3.67. The number of nitriles is 1. The van der Waals surface area contributed by atoms with Gasteiger partial charge in [-0.1, -0.05) is 35.3 Å². The topological polar surface area (TPSA) is 23.8 Å². The Labute approximate surface area is 87.2 Å². The highest BCUT2D eigenvalue weighted by Crippen LogP contribution is 2.27. The lowest BCUT2D eigenvalue weighted by Gasteiger charge is -2.02. The zero-order valence-electron chi connectivity index (χ0n) is 7.01. The van der Waals surface area contributed by atoms with Crippen LogP contribution in [0, 0.1) is 18.3 Å². The van der Waals surface area contributed by atoms with E-state index >= 15 is 0 Å². The van der Waals surface area contributed by atoms with Crippen LogP contribution in [0.15, 0.2) is 24.3 Å². The molecular weight excluding hydrogens is 205 g/mol. The van der Waals surface area contributed by atoms with Gasteiger partial charge < -0.3 is 0 Å². The number of hydrogen-bond acceptors (Lipinski definition) is 1. The van der Waals surface area contributed by atoms with Gasteiger partial charge in [-0.2, -0.15) is 5.26 Å². The molecule has 0 radical (unpaired) electrons. The number of nitrogens with zero attached hydrogens (tertiary/aromatic N) is 1. The summed E-state index contributed by atoms with van der Waals surface area (Å²) in [5.41, 5.74) is 1.76. The summed E-state index contributed by atoms with van der Waals surface area (Å²) in [5, 5.41) is 9.32. The molecule has 0 aromatic heterocycles. The highest BCUT2D eigenvalue weighted by molar-refractivity contribution is 6.50. The second kappa shape index (κ2) is 4.32. The molecule has 0 saturated heterocycles. The third-order valence-electron chi connectivity index (χ3n) is 1.57. The molecule has 0 spiro atoms. The van der Waals surface area contributed by atoms with E-state index in [1.54, 1.807) is 6.07 Å². The summed E-state index contributed by atoms with van der Waals surface area (Å²) < 4.78 is 0. The predicted molar refractivity (Wildman–Crippen MR) is 55.6 cm³/mol. The van der Waals surface area contributed by atoms with E-state index in [1.165, 1.54) is 6.08 Å². The lowest BCUT2D eigenvalue weighted by molar-refractivity contribution is 1.46. The molecule has 0 saturated carbocycles. The molecule has 0 fully saturated rings. The van der Waals surface area contributed by atoms with Crippen LogP contribution in [-0.2, 0) is 0 Å². The first kappa shape index (κ1) is 10.1. The van der Waals surface area contributed by atoms with E-state index in [9.17, 15) is 0 Å². The Bertz CT molecular complexity index is 388. The molecule has 66 valence electrons. The second-order valence-electron chi connectivity index (χ2n) is 2.60. The zero-order chi connectivity index (χ0) is 9.84. The van der Waals surface area contributed by atoms with Crippen LogP contribution in [0.1, 0.15) is 11.1 Å². The SMILES string of the molecule is Cc1ccc(/C(Cl)=C/C#N)c(Cl)c1. The molecule has 1 rings (SSSR count). The van der Waals surface area contributed by atoms with Crippen molar-refractivity contribution in [2.45, 2.75) is 6.92 Å². The average Bonchev–Trinajstić information content (AvgIpc) is 2.04. The van der Waals surface area contributed by atoms with Gasteiger partial charge in [0.05, 0.1) is 11.1 Å². The van der Waals surface area contributed by atoms with E-state index in [2.05, 4.69) is 0 Å². The molecule has 0 aliphatic rings. The van der Waals surface area contributed by atoms with E-state index < -0.39 is 0 Å². The predicted octanol–water partition coefficient (Wildman–Crippen LogP) is 3.75. The fourth-order valence-electron chi connectivity index (χ4n) is 0.948. The molecule has 3 heteroatoms. The Hall–Kier alpha value is -0.970. The number of allylic oxidation sites excluding steroid dienone is 1. The van der Waals surface area contributed by atoms with Crippen LogP contribution in [0.5, 0.6) is 0 Å². The van der Waals surface area contributed by atoms with Crippen molar-refractivity contribution in [3.05, 3.63) is 40.4 Å². The summed E-state index contributed by atoms with van der Waals surface area (Å²) in [5.74, 6) is 0. The van der Waals surface area contributed by atoms with E-state index in [0.29, 0.717) is 15.6 Å². The summed E-state index contributed by atoms with van der Waals surface area (Å²) in [6.45, 7) is 1.94. The molecule has 0 aliphatic carbocycles. The van der Waals surface area contributed by atoms with Gasteiger partial charge in [0.15, 0.2) is 0 Å². The van der Waals surface area contributed by atoms with Crippen LogP contribution < -0.4 is 0 Å². The van der Waals surface area contributed by atoms with E-state index in [0.717, 1.165) is 5.56 Å². The molecule has 0 amide bonds. The molecule has 1 nitrogen and oxygen atoms in total. The Balaban J connectivity index is 3.18. The second-order valence-corrected chi connectivity index (χ2v) is 3.42. The summed E-state index contributed by atoms with van der Waals surface area (Å²) in [6.07, 6.45) is 1.26. The van der Waals surface area contributed by atoms with Crippen molar-refractivity contribution in [1.29, 1.82) is 5.26 Å². The summed E-state index contributed by atoms with van der Waals surface area (Å²) in [6, 6.07) is 7.36. The monoisotopic (exact) mass is 211 g/mol. The van der Waals surface area contributed by atoms with Crippen molar-refractivity contribution in [1.82, 2.24) is 0 Å². The van der Waals surface area contributed by atoms with Gasteiger partial charge in [-0.05, 0) is 18.6 Å². The van der Waals surface area contributed by atoms with Crippen LogP contribution in [0.2, 0.25) is 5.02 Å². The summed E-state index contributed by atoms with van der Waals surface area (Å²) in [4.78, 5) is 0. The molecule has 0 N–H and O–H groups in total. The molecule has 0 atom stereocenters. The van der Waals surface area contributed by atoms with Gasteiger partial charge in [-0.25, -0.2) is 0 Å². The van der Waals surface area contributed by atoms with Crippen molar-refractivity contribution >= 4 is 28.2 Å². The van der Waals surface area contributed by atoms with Gasteiger partial charge in [-0.3, -0.25) is 0 Å². The molecule has 1 aromatic rings. The van der Waals surface area contributed by atoms with Gasteiger partial charge >= 0.3 is 0 Å². The maximum atomic E-state index is 8.39. The van der Waals surface area contributed by atoms with Gasteiger partial charge in [0.1, 0.15) is 0 Å². The zero-order valence-corrected chi connectivity index (χ0v) is 8.52. The van der Waals surface area contributed by atoms with Crippen LogP contribution in [0.4, 0.5) is 0 Å². The third-order valence-corrected chi connectivity index (χ3v) is 2.20. The quantitative estimate of drug-likeness (QED) is 0.650. The maximum absolute atomic E-state index is 8.39. The summed E-state index contributed by atoms with van der Waals surface area (Å²) >= 11 is 11.7. The van der Waals surface area contributed by atoms with E-state index in [4.69, 9.17) is 28.5 Å². The molecule has 13 heavy (non-hydrogen) atoms.